The van der Waals surface area contributed by atoms with Crippen molar-refractivity contribution in [3.8, 4) is 5.75 Å². The zero-order valence-corrected chi connectivity index (χ0v) is 15.5. The average molecular weight is 325 g/mol. The molecule has 124 valence electrons. The summed E-state index contributed by atoms with van der Waals surface area (Å²) in [7, 11) is 0. The van der Waals surface area contributed by atoms with Gasteiger partial charge in [0.15, 0.2) is 0 Å². The highest BCUT2D eigenvalue weighted by molar-refractivity contribution is 7.12. The summed E-state index contributed by atoms with van der Waals surface area (Å²) >= 11 is 1.73. The Morgan fingerprint density at radius 2 is 2.05 bits per heavy atom. The lowest BCUT2D eigenvalue weighted by atomic mass is 10.0. The number of hydrogen-bond donors (Lipinski definition) is 0. The van der Waals surface area contributed by atoms with Crippen LogP contribution in [0.15, 0.2) is 0 Å². The lowest BCUT2D eigenvalue weighted by Gasteiger charge is -2.27. The van der Waals surface area contributed by atoms with Crippen LogP contribution in [0.3, 0.4) is 0 Å². The van der Waals surface area contributed by atoms with Crippen LogP contribution in [0.2, 0.25) is 0 Å². The maximum Gasteiger partial charge on any atom is 0.410 e. The molecule has 0 fully saturated rings. The van der Waals surface area contributed by atoms with E-state index in [-0.39, 0.29) is 12.2 Å². The second kappa shape index (κ2) is 6.11. The Kier molecular flexibility index (Phi) is 4.76. The first-order valence-electron chi connectivity index (χ1n) is 7.85. The minimum atomic E-state index is -0.481. The van der Waals surface area contributed by atoms with Crippen LogP contribution in [0.5, 0.6) is 5.75 Å². The van der Waals surface area contributed by atoms with Gasteiger partial charge in [0.1, 0.15) is 17.5 Å². The Hall–Kier alpha value is -1.23. The predicted molar refractivity (Wildman–Crippen MR) is 89.9 cm³/mol. The van der Waals surface area contributed by atoms with Gasteiger partial charge in [0.25, 0.3) is 0 Å². The predicted octanol–water partition coefficient (Wildman–Crippen LogP) is 4.70. The highest BCUT2D eigenvalue weighted by Gasteiger charge is 2.31. The van der Waals surface area contributed by atoms with E-state index in [0.29, 0.717) is 19.0 Å². The van der Waals surface area contributed by atoms with Gasteiger partial charge in [-0.25, -0.2) is 4.79 Å². The summed E-state index contributed by atoms with van der Waals surface area (Å²) in [6, 6.07) is 0. The van der Waals surface area contributed by atoms with Crippen molar-refractivity contribution in [3.05, 3.63) is 15.3 Å². The third-order valence-corrected chi connectivity index (χ3v) is 4.60. The topological polar surface area (TPSA) is 38.8 Å². The third-order valence-electron chi connectivity index (χ3n) is 3.51. The smallest absolute Gasteiger partial charge is 0.410 e. The highest BCUT2D eigenvalue weighted by atomic mass is 32.1. The van der Waals surface area contributed by atoms with Gasteiger partial charge < -0.3 is 9.47 Å². The van der Waals surface area contributed by atoms with Gasteiger partial charge in [-0.2, -0.15) is 0 Å². The fourth-order valence-electron chi connectivity index (χ4n) is 2.75. The molecule has 2 rings (SSSR count). The molecule has 2 heterocycles. The summed E-state index contributed by atoms with van der Waals surface area (Å²) in [6.07, 6.45) is -0.312. The van der Waals surface area contributed by atoms with E-state index in [0.717, 1.165) is 10.6 Å². The van der Waals surface area contributed by atoms with Crippen molar-refractivity contribution in [1.82, 2.24) is 4.90 Å². The molecular weight excluding hydrogens is 298 g/mol. The fourth-order valence-corrected chi connectivity index (χ4v) is 4.03. The number of carbonyl (C=O) groups is 1. The molecule has 1 aliphatic heterocycles. The van der Waals surface area contributed by atoms with E-state index in [2.05, 4.69) is 20.8 Å². The molecule has 0 aromatic carbocycles. The lowest BCUT2D eigenvalue weighted by Crippen LogP contribution is -2.39. The van der Waals surface area contributed by atoms with Crippen LogP contribution in [0, 0.1) is 6.92 Å². The maximum atomic E-state index is 12.4. The Balaban J connectivity index is 2.29. The zero-order valence-electron chi connectivity index (χ0n) is 14.6. The van der Waals surface area contributed by atoms with Crippen molar-refractivity contribution in [2.24, 2.45) is 0 Å². The third kappa shape index (κ3) is 3.75. The Morgan fingerprint density at radius 1 is 1.41 bits per heavy atom. The summed E-state index contributed by atoms with van der Waals surface area (Å²) in [5, 5.41) is 0. The van der Waals surface area contributed by atoms with Crippen molar-refractivity contribution in [2.45, 2.75) is 72.6 Å². The molecule has 0 saturated heterocycles. The van der Waals surface area contributed by atoms with E-state index >= 15 is 0 Å². The molecule has 0 N–H and O–H groups in total. The van der Waals surface area contributed by atoms with Gasteiger partial charge in [0, 0.05) is 10.4 Å². The lowest BCUT2D eigenvalue weighted by molar-refractivity contribution is 0.0189. The molecule has 1 aliphatic rings. The number of aryl methyl sites for hydroxylation is 1. The number of rotatable bonds is 1. The first-order chi connectivity index (χ1) is 10.1. The monoisotopic (exact) mass is 325 g/mol. The molecule has 0 spiro atoms. The summed E-state index contributed by atoms with van der Waals surface area (Å²) in [4.78, 5) is 16.5. The Labute approximate surface area is 137 Å². The van der Waals surface area contributed by atoms with Crippen molar-refractivity contribution in [2.75, 3.05) is 6.54 Å². The van der Waals surface area contributed by atoms with Crippen molar-refractivity contribution in [1.29, 1.82) is 0 Å². The zero-order chi connectivity index (χ0) is 16.7. The van der Waals surface area contributed by atoms with Crippen LogP contribution in [0.25, 0.3) is 0 Å². The molecule has 0 saturated carbocycles. The average Bonchev–Trinajstić information content (AvgIpc) is 2.52. The van der Waals surface area contributed by atoms with Crippen LogP contribution in [0.4, 0.5) is 4.79 Å². The largest absolute Gasteiger partial charge is 0.487 e. The van der Waals surface area contributed by atoms with Crippen LogP contribution in [-0.2, 0) is 11.3 Å². The number of ether oxygens (including phenoxy) is 2. The number of fused-ring (bicyclic) bond motifs is 1. The molecule has 4 nitrogen and oxygen atoms in total. The SMILES string of the molecule is Cc1sc2c(c1C(C)C)OC(C)CN(C(=O)OC(C)(C)C)C2. The van der Waals surface area contributed by atoms with Gasteiger partial charge in [-0.1, -0.05) is 13.8 Å². The van der Waals surface area contributed by atoms with E-state index in [1.165, 1.54) is 10.4 Å². The second-order valence-electron chi connectivity index (χ2n) is 7.27. The normalized spacial score (nSPS) is 18.7. The quantitative estimate of drug-likeness (QED) is 0.751. The first kappa shape index (κ1) is 17.1. The minimum Gasteiger partial charge on any atom is -0.487 e. The molecule has 5 heteroatoms. The van der Waals surface area contributed by atoms with E-state index in [1.54, 1.807) is 16.2 Å². The fraction of sp³-hybridized carbons (Fsp3) is 0.706. The molecule has 0 aliphatic carbocycles. The van der Waals surface area contributed by atoms with Gasteiger partial charge in [-0.15, -0.1) is 11.3 Å². The highest BCUT2D eigenvalue weighted by Crippen LogP contribution is 2.42. The molecule has 1 unspecified atom stereocenters. The van der Waals surface area contributed by atoms with Crippen molar-refractivity contribution in [3.63, 3.8) is 0 Å². The minimum absolute atomic E-state index is 0.0414. The summed E-state index contributed by atoms with van der Waals surface area (Å²) in [5.74, 6) is 1.40. The molecule has 1 amide bonds. The number of hydrogen-bond acceptors (Lipinski definition) is 4. The number of carbonyl (C=O) groups excluding carboxylic acids is 1. The van der Waals surface area contributed by atoms with E-state index in [1.807, 2.05) is 27.7 Å². The van der Waals surface area contributed by atoms with E-state index in [4.69, 9.17) is 9.47 Å². The van der Waals surface area contributed by atoms with Gasteiger partial charge in [-0.3, -0.25) is 4.90 Å². The summed E-state index contributed by atoms with van der Waals surface area (Å²) < 4.78 is 11.7. The van der Waals surface area contributed by atoms with Crippen molar-refractivity contribution >= 4 is 17.4 Å². The molecule has 22 heavy (non-hydrogen) atoms. The maximum absolute atomic E-state index is 12.4. The van der Waals surface area contributed by atoms with Crippen LogP contribution in [-0.4, -0.2) is 29.2 Å². The van der Waals surface area contributed by atoms with Crippen LogP contribution < -0.4 is 4.74 Å². The standard InChI is InChI=1S/C17H27NO3S/c1-10(2)14-12(4)22-13-9-18(8-11(3)20-15(13)14)16(19)21-17(5,6)7/h10-11H,8-9H2,1-7H3. The first-order valence-corrected chi connectivity index (χ1v) is 8.67. The van der Waals surface area contributed by atoms with Crippen LogP contribution in [0.1, 0.15) is 62.8 Å². The van der Waals surface area contributed by atoms with E-state index < -0.39 is 5.60 Å². The van der Waals surface area contributed by atoms with Gasteiger partial charge in [0.2, 0.25) is 0 Å². The second-order valence-corrected chi connectivity index (χ2v) is 8.58. The number of amides is 1. The molecule has 1 aromatic rings. The van der Waals surface area contributed by atoms with Gasteiger partial charge in [-0.05, 0) is 40.5 Å². The van der Waals surface area contributed by atoms with Crippen LogP contribution >= 0.6 is 11.3 Å². The Morgan fingerprint density at radius 3 is 2.59 bits per heavy atom. The summed E-state index contributed by atoms with van der Waals surface area (Å²) in [6.45, 7) is 15.3. The molecule has 0 bridgehead atoms. The summed E-state index contributed by atoms with van der Waals surface area (Å²) in [5.41, 5.74) is 0.794. The molecular formula is C17H27NO3S. The molecule has 1 aromatic heterocycles. The van der Waals surface area contributed by atoms with E-state index in [9.17, 15) is 4.79 Å². The molecule has 1 atom stereocenters. The van der Waals surface area contributed by atoms with Crippen molar-refractivity contribution < 1.29 is 14.3 Å². The number of nitrogens with zero attached hydrogens (tertiary/aromatic N) is 1. The van der Waals surface area contributed by atoms with Gasteiger partial charge in [0.05, 0.1) is 18.0 Å². The molecule has 0 radical (unpaired) electrons. The number of thiophene rings is 1. The Bertz CT molecular complexity index is 557. The van der Waals surface area contributed by atoms with Gasteiger partial charge >= 0.3 is 6.09 Å².